The third kappa shape index (κ3) is 5.38. The summed E-state index contributed by atoms with van der Waals surface area (Å²) in [5.74, 6) is -0.209. The standard InChI is InChI=1S/C20H20N4O5/c1-12-6-7-14(11-16(12)28-13(2)20(26)27)22-17(25)8-9-18-23-19(24-29-18)15-5-3-4-10-21-15/h3-7,10-11,13H,8-9H2,1-2H3,(H,22,25)(H,26,27)/t13-/m0/s1. The Kier molecular flexibility index (Phi) is 6.18. The molecule has 3 rings (SSSR count). The van der Waals surface area contributed by atoms with Crippen LogP contribution in [0.3, 0.4) is 0 Å². The average molecular weight is 396 g/mol. The second kappa shape index (κ2) is 8.96. The van der Waals surface area contributed by atoms with Crippen molar-refractivity contribution in [3.8, 4) is 17.3 Å². The van der Waals surface area contributed by atoms with E-state index in [1.807, 2.05) is 6.07 Å². The second-order valence-corrected chi connectivity index (χ2v) is 6.35. The van der Waals surface area contributed by atoms with E-state index in [0.29, 0.717) is 28.8 Å². The Labute approximate surface area is 166 Å². The van der Waals surface area contributed by atoms with E-state index in [4.69, 9.17) is 14.4 Å². The molecule has 3 aromatic rings. The Hall–Kier alpha value is -3.75. The lowest BCUT2D eigenvalue weighted by atomic mass is 10.2. The highest BCUT2D eigenvalue weighted by atomic mass is 16.5. The highest BCUT2D eigenvalue weighted by molar-refractivity contribution is 5.91. The predicted octanol–water partition coefficient (Wildman–Crippen LogP) is 2.86. The monoisotopic (exact) mass is 396 g/mol. The summed E-state index contributed by atoms with van der Waals surface area (Å²) in [6, 6.07) is 10.4. The number of hydrogen-bond acceptors (Lipinski definition) is 7. The van der Waals surface area contributed by atoms with Gasteiger partial charge in [-0.15, -0.1) is 0 Å². The Morgan fingerprint density at radius 2 is 2.10 bits per heavy atom. The summed E-state index contributed by atoms with van der Waals surface area (Å²) in [4.78, 5) is 31.6. The molecule has 0 aliphatic rings. The molecule has 0 aliphatic heterocycles. The smallest absolute Gasteiger partial charge is 0.344 e. The summed E-state index contributed by atoms with van der Waals surface area (Å²) in [5.41, 5.74) is 1.87. The molecule has 2 N–H and O–H groups in total. The van der Waals surface area contributed by atoms with E-state index in [2.05, 4.69) is 20.4 Å². The number of nitrogens with one attached hydrogen (secondary N) is 1. The number of benzene rings is 1. The summed E-state index contributed by atoms with van der Waals surface area (Å²) >= 11 is 0. The lowest BCUT2D eigenvalue weighted by Gasteiger charge is -2.14. The fourth-order valence-electron chi connectivity index (χ4n) is 2.45. The van der Waals surface area contributed by atoms with Gasteiger partial charge in [0.1, 0.15) is 11.4 Å². The summed E-state index contributed by atoms with van der Waals surface area (Å²) in [6.07, 6.45) is 1.05. The molecule has 0 unspecified atom stereocenters. The fourth-order valence-corrected chi connectivity index (χ4v) is 2.45. The zero-order chi connectivity index (χ0) is 20.8. The number of carbonyl (C=O) groups excluding carboxylic acids is 1. The molecule has 0 saturated heterocycles. The van der Waals surface area contributed by atoms with Gasteiger partial charge >= 0.3 is 5.97 Å². The van der Waals surface area contributed by atoms with Crippen LogP contribution in [-0.2, 0) is 16.0 Å². The number of amides is 1. The van der Waals surface area contributed by atoms with Crippen LogP contribution >= 0.6 is 0 Å². The molecule has 0 bridgehead atoms. The first-order valence-electron chi connectivity index (χ1n) is 8.96. The topological polar surface area (TPSA) is 127 Å². The zero-order valence-electron chi connectivity index (χ0n) is 16.0. The molecule has 0 fully saturated rings. The molecule has 0 radical (unpaired) electrons. The molecule has 2 aromatic heterocycles. The maximum Gasteiger partial charge on any atom is 0.344 e. The molecule has 0 aliphatic carbocycles. The van der Waals surface area contributed by atoms with Crippen LogP contribution in [0.25, 0.3) is 11.5 Å². The molecule has 150 valence electrons. The number of anilines is 1. The maximum atomic E-state index is 12.2. The molecule has 9 heteroatoms. The minimum Gasteiger partial charge on any atom is -0.479 e. The average Bonchev–Trinajstić information content (AvgIpc) is 3.18. The summed E-state index contributed by atoms with van der Waals surface area (Å²) in [6.45, 7) is 3.24. The number of ether oxygens (including phenoxy) is 1. The Morgan fingerprint density at radius 1 is 1.28 bits per heavy atom. The van der Waals surface area contributed by atoms with Gasteiger partial charge in [-0.2, -0.15) is 4.98 Å². The van der Waals surface area contributed by atoms with Crippen molar-refractivity contribution in [2.45, 2.75) is 32.8 Å². The van der Waals surface area contributed by atoms with E-state index < -0.39 is 12.1 Å². The summed E-state index contributed by atoms with van der Waals surface area (Å²) < 4.78 is 10.6. The van der Waals surface area contributed by atoms with Crippen LogP contribution in [0.5, 0.6) is 5.75 Å². The first-order chi connectivity index (χ1) is 13.9. The second-order valence-electron chi connectivity index (χ2n) is 6.35. The summed E-state index contributed by atoms with van der Waals surface area (Å²) in [7, 11) is 0. The van der Waals surface area contributed by atoms with Crippen LogP contribution in [0.15, 0.2) is 47.1 Å². The van der Waals surface area contributed by atoms with E-state index in [-0.39, 0.29) is 18.7 Å². The van der Waals surface area contributed by atoms with Crippen molar-refractivity contribution in [3.05, 3.63) is 54.0 Å². The number of aliphatic carboxylic acids is 1. The number of hydrogen-bond donors (Lipinski definition) is 2. The van der Waals surface area contributed by atoms with Gasteiger partial charge < -0.3 is 19.7 Å². The van der Waals surface area contributed by atoms with Crippen molar-refractivity contribution in [2.24, 2.45) is 0 Å². The maximum absolute atomic E-state index is 12.2. The van der Waals surface area contributed by atoms with Crippen molar-refractivity contribution in [1.82, 2.24) is 15.1 Å². The van der Waals surface area contributed by atoms with E-state index in [9.17, 15) is 9.59 Å². The molecule has 9 nitrogen and oxygen atoms in total. The predicted molar refractivity (Wildman–Crippen MR) is 103 cm³/mol. The minimum atomic E-state index is -1.07. The molecule has 1 atom stereocenters. The van der Waals surface area contributed by atoms with Crippen molar-refractivity contribution >= 4 is 17.6 Å². The Balaban J connectivity index is 1.57. The van der Waals surface area contributed by atoms with Gasteiger partial charge in [-0.05, 0) is 37.6 Å². The minimum absolute atomic E-state index is 0.138. The number of pyridine rings is 1. The molecule has 0 spiro atoms. The molecule has 2 heterocycles. The van der Waals surface area contributed by atoms with E-state index in [1.54, 1.807) is 43.5 Å². The number of carboxylic acid groups (broad SMARTS) is 1. The van der Waals surface area contributed by atoms with Crippen LogP contribution in [-0.4, -0.2) is 38.2 Å². The van der Waals surface area contributed by atoms with Crippen molar-refractivity contribution in [3.63, 3.8) is 0 Å². The van der Waals surface area contributed by atoms with Gasteiger partial charge in [0.2, 0.25) is 17.6 Å². The number of rotatable bonds is 8. The van der Waals surface area contributed by atoms with Gasteiger partial charge in [-0.1, -0.05) is 17.3 Å². The molecule has 0 saturated carbocycles. The van der Waals surface area contributed by atoms with Gasteiger partial charge in [-0.25, -0.2) is 4.79 Å². The third-order valence-corrected chi connectivity index (χ3v) is 4.05. The number of aromatic nitrogens is 3. The zero-order valence-corrected chi connectivity index (χ0v) is 16.0. The molecule has 1 aromatic carbocycles. The van der Waals surface area contributed by atoms with Gasteiger partial charge in [0.05, 0.1) is 0 Å². The highest BCUT2D eigenvalue weighted by Crippen LogP contribution is 2.24. The highest BCUT2D eigenvalue weighted by Gasteiger charge is 2.15. The molecular weight excluding hydrogens is 376 g/mol. The molecular formula is C20H20N4O5. The van der Waals surface area contributed by atoms with Crippen LogP contribution in [0.4, 0.5) is 5.69 Å². The van der Waals surface area contributed by atoms with Gasteiger partial charge in [-0.3, -0.25) is 9.78 Å². The van der Waals surface area contributed by atoms with Gasteiger partial charge in [0.25, 0.3) is 0 Å². The first kappa shape index (κ1) is 20.0. The SMILES string of the molecule is Cc1ccc(NC(=O)CCc2nc(-c3ccccn3)no2)cc1O[C@@H](C)C(=O)O. The number of aryl methyl sites for hydroxylation is 2. The van der Waals surface area contributed by atoms with Crippen LogP contribution < -0.4 is 10.1 Å². The van der Waals surface area contributed by atoms with Crippen LogP contribution in [0.1, 0.15) is 24.8 Å². The lowest BCUT2D eigenvalue weighted by Crippen LogP contribution is -2.23. The lowest BCUT2D eigenvalue weighted by molar-refractivity contribution is -0.144. The summed E-state index contributed by atoms with van der Waals surface area (Å²) in [5, 5.41) is 15.6. The molecule has 1 amide bonds. The first-order valence-corrected chi connectivity index (χ1v) is 8.96. The largest absolute Gasteiger partial charge is 0.479 e. The Morgan fingerprint density at radius 3 is 2.83 bits per heavy atom. The van der Waals surface area contributed by atoms with Crippen molar-refractivity contribution < 1.29 is 24.0 Å². The third-order valence-electron chi connectivity index (χ3n) is 4.05. The van der Waals surface area contributed by atoms with E-state index in [0.717, 1.165) is 5.56 Å². The van der Waals surface area contributed by atoms with E-state index >= 15 is 0 Å². The molecule has 29 heavy (non-hydrogen) atoms. The Bertz CT molecular complexity index is 1000. The normalized spacial score (nSPS) is 11.7. The van der Waals surface area contributed by atoms with Gasteiger partial charge in [0, 0.05) is 30.8 Å². The fraction of sp³-hybridized carbons (Fsp3) is 0.250. The van der Waals surface area contributed by atoms with Crippen LogP contribution in [0, 0.1) is 6.92 Å². The van der Waals surface area contributed by atoms with Gasteiger partial charge in [0.15, 0.2) is 6.10 Å². The van der Waals surface area contributed by atoms with Crippen LogP contribution in [0.2, 0.25) is 0 Å². The van der Waals surface area contributed by atoms with Crippen molar-refractivity contribution in [1.29, 1.82) is 0 Å². The van der Waals surface area contributed by atoms with E-state index in [1.165, 1.54) is 6.92 Å². The number of nitrogens with zero attached hydrogens (tertiary/aromatic N) is 3. The quantitative estimate of drug-likeness (QED) is 0.595. The van der Waals surface area contributed by atoms with Crippen molar-refractivity contribution in [2.75, 3.05) is 5.32 Å². The number of carbonyl (C=O) groups is 2. The number of carboxylic acids is 1.